The summed E-state index contributed by atoms with van der Waals surface area (Å²) in [6.45, 7) is 4.81. The standard InChI is InChI=1S/C12H23N3O3/c1-2-3-10(13)12(17)14-5-4-11(16)15-6-8-18-9-7-15/h10H,2-9,13H2,1H3,(H,14,17)/t10-/m1/s1. The van der Waals surface area contributed by atoms with Gasteiger partial charge >= 0.3 is 0 Å². The molecule has 104 valence electrons. The number of rotatable bonds is 6. The van der Waals surface area contributed by atoms with Crippen LogP contribution in [0.5, 0.6) is 0 Å². The quantitative estimate of drug-likeness (QED) is 0.670. The van der Waals surface area contributed by atoms with Gasteiger partial charge < -0.3 is 20.7 Å². The molecule has 0 aromatic carbocycles. The zero-order chi connectivity index (χ0) is 13.4. The zero-order valence-corrected chi connectivity index (χ0v) is 11.0. The molecular weight excluding hydrogens is 234 g/mol. The van der Waals surface area contributed by atoms with Crippen LogP contribution in [-0.2, 0) is 14.3 Å². The second-order valence-electron chi connectivity index (χ2n) is 4.43. The van der Waals surface area contributed by atoms with Crippen molar-refractivity contribution in [3.63, 3.8) is 0 Å². The third kappa shape index (κ3) is 5.01. The Morgan fingerprint density at radius 2 is 2.06 bits per heavy atom. The fourth-order valence-corrected chi connectivity index (χ4v) is 1.84. The molecule has 1 aliphatic heterocycles. The number of hydrogen-bond acceptors (Lipinski definition) is 4. The molecule has 1 fully saturated rings. The minimum Gasteiger partial charge on any atom is -0.378 e. The van der Waals surface area contributed by atoms with Crippen LogP contribution in [0.15, 0.2) is 0 Å². The molecule has 3 N–H and O–H groups in total. The first-order chi connectivity index (χ1) is 8.65. The van der Waals surface area contributed by atoms with Crippen molar-refractivity contribution in [3.05, 3.63) is 0 Å². The number of ether oxygens (including phenoxy) is 1. The van der Waals surface area contributed by atoms with E-state index in [-0.39, 0.29) is 11.8 Å². The normalized spacial score (nSPS) is 17.3. The van der Waals surface area contributed by atoms with Crippen LogP contribution >= 0.6 is 0 Å². The maximum Gasteiger partial charge on any atom is 0.236 e. The molecule has 1 rings (SSSR count). The molecule has 0 radical (unpaired) electrons. The van der Waals surface area contributed by atoms with E-state index in [9.17, 15) is 9.59 Å². The number of nitrogens with zero attached hydrogens (tertiary/aromatic N) is 1. The summed E-state index contributed by atoms with van der Waals surface area (Å²) in [6, 6.07) is -0.464. The summed E-state index contributed by atoms with van der Waals surface area (Å²) in [4.78, 5) is 25.0. The van der Waals surface area contributed by atoms with E-state index < -0.39 is 6.04 Å². The Labute approximate surface area is 108 Å². The number of carbonyl (C=O) groups excluding carboxylic acids is 2. The first kappa shape index (κ1) is 14.9. The Hall–Kier alpha value is -1.14. The maximum atomic E-state index is 11.8. The third-order valence-electron chi connectivity index (χ3n) is 2.94. The molecule has 1 heterocycles. The lowest BCUT2D eigenvalue weighted by atomic mass is 10.1. The molecule has 1 atom stereocenters. The summed E-state index contributed by atoms with van der Waals surface area (Å²) < 4.78 is 5.17. The largest absolute Gasteiger partial charge is 0.378 e. The summed E-state index contributed by atoms with van der Waals surface area (Å²) in [5.41, 5.74) is 5.66. The summed E-state index contributed by atoms with van der Waals surface area (Å²) >= 11 is 0. The van der Waals surface area contributed by atoms with Crippen molar-refractivity contribution in [1.29, 1.82) is 0 Å². The predicted octanol–water partition coefficient (Wildman–Crippen LogP) is -0.521. The van der Waals surface area contributed by atoms with Gasteiger partial charge in [0.15, 0.2) is 0 Å². The van der Waals surface area contributed by atoms with E-state index >= 15 is 0 Å². The second kappa shape index (κ2) is 8.05. The van der Waals surface area contributed by atoms with E-state index in [0.717, 1.165) is 6.42 Å². The SMILES string of the molecule is CCC[C@@H](N)C(=O)NCCC(=O)N1CCOCC1. The van der Waals surface area contributed by atoms with Crippen molar-refractivity contribution >= 4 is 11.8 Å². The van der Waals surface area contributed by atoms with Gasteiger partial charge in [-0.3, -0.25) is 9.59 Å². The van der Waals surface area contributed by atoms with Gasteiger partial charge in [-0.25, -0.2) is 0 Å². The molecule has 0 unspecified atom stereocenters. The van der Waals surface area contributed by atoms with Crippen molar-refractivity contribution in [3.8, 4) is 0 Å². The number of hydrogen-bond donors (Lipinski definition) is 2. The van der Waals surface area contributed by atoms with Crippen LogP contribution in [0, 0.1) is 0 Å². The molecule has 1 aliphatic rings. The first-order valence-corrected chi connectivity index (χ1v) is 6.54. The van der Waals surface area contributed by atoms with Crippen LogP contribution in [0.3, 0.4) is 0 Å². The molecule has 0 aromatic heterocycles. The predicted molar refractivity (Wildman–Crippen MR) is 67.9 cm³/mol. The molecule has 0 saturated carbocycles. The average molecular weight is 257 g/mol. The van der Waals surface area contributed by atoms with Crippen LogP contribution in [0.1, 0.15) is 26.2 Å². The smallest absolute Gasteiger partial charge is 0.236 e. The van der Waals surface area contributed by atoms with E-state index in [2.05, 4.69) is 5.32 Å². The van der Waals surface area contributed by atoms with Crippen LogP contribution in [0.2, 0.25) is 0 Å². The van der Waals surface area contributed by atoms with Crippen LogP contribution < -0.4 is 11.1 Å². The van der Waals surface area contributed by atoms with Gasteiger partial charge in [-0.1, -0.05) is 13.3 Å². The van der Waals surface area contributed by atoms with Crippen molar-refractivity contribution in [2.75, 3.05) is 32.8 Å². The molecular formula is C12H23N3O3. The summed E-state index contributed by atoms with van der Waals surface area (Å²) in [5.74, 6) is -0.116. The molecule has 1 saturated heterocycles. The van der Waals surface area contributed by atoms with Gasteiger partial charge in [0, 0.05) is 26.1 Å². The number of amides is 2. The lowest BCUT2D eigenvalue weighted by Gasteiger charge is -2.26. The highest BCUT2D eigenvalue weighted by molar-refractivity contribution is 5.82. The van der Waals surface area contributed by atoms with E-state index in [1.165, 1.54) is 0 Å². The van der Waals surface area contributed by atoms with Gasteiger partial charge in [0.2, 0.25) is 11.8 Å². The van der Waals surface area contributed by atoms with Gasteiger partial charge in [0.25, 0.3) is 0 Å². The Balaban J connectivity index is 2.16. The molecule has 6 nitrogen and oxygen atoms in total. The highest BCUT2D eigenvalue weighted by Crippen LogP contribution is 1.99. The number of nitrogens with one attached hydrogen (secondary N) is 1. The molecule has 18 heavy (non-hydrogen) atoms. The molecule has 0 aliphatic carbocycles. The van der Waals surface area contributed by atoms with Crippen molar-refractivity contribution in [1.82, 2.24) is 10.2 Å². The Bertz CT molecular complexity index is 278. The van der Waals surface area contributed by atoms with Crippen molar-refractivity contribution in [2.24, 2.45) is 5.73 Å². The van der Waals surface area contributed by atoms with Gasteiger partial charge in [-0.2, -0.15) is 0 Å². The van der Waals surface area contributed by atoms with E-state index in [1.54, 1.807) is 4.90 Å². The average Bonchev–Trinajstić information content (AvgIpc) is 2.39. The second-order valence-corrected chi connectivity index (χ2v) is 4.43. The lowest BCUT2D eigenvalue weighted by Crippen LogP contribution is -2.44. The number of carbonyl (C=O) groups is 2. The molecule has 6 heteroatoms. The van der Waals surface area contributed by atoms with E-state index in [1.807, 2.05) is 6.92 Å². The van der Waals surface area contributed by atoms with E-state index in [4.69, 9.17) is 10.5 Å². The minimum atomic E-state index is -0.464. The third-order valence-corrected chi connectivity index (χ3v) is 2.94. The van der Waals surface area contributed by atoms with Gasteiger partial charge in [0.1, 0.15) is 0 Å². The highest BCUT2D eigenvalue weighted by Gasteiger charge is 2.17. The van der Waals surface area contributed by atoms with Crippen molar-refractivity contribution in [2.45, 2.75) is 32.2 Å². The summed E-state index contributed by atoms with van der Waals surface area (Å²) in [6.07, 6.45) is 1.87. The fourth-order valence-electron chi connectivity index (χ4n) is 1.84. The van der Waals surface area contributed by atoms with Gasteiger partial charge in [0.05, 0.1) is 19.3 Å². The molecule has 0 spiro atoms. The Morgan fingerprint density at radius 1 is 1.39 bits per heavy atom. The topological polar surface area (TPSA) is 84.7 Å². The Morgan fingerprint density at radius 3 is 2.67 bits per heavy atom. The molecule has 2 amide bonds. The minimum absolute atomic E-state index is 0.0580. The lowest BCUT2D eigenvalue weighted by molar-refractivity contribution is -0.135. The number of morpholine rings is 1. The maximum absolute atomic E-state index is 11.8. The van der Waals surface area contributed by atoms with Crippen LogP contribution in [0.25, 0.3) is 0 Å². The monoisotopic (exact) mass is 257 g/mol. The van der Waals surface area contributed by atoms with Crippen molar-refractivity contribution < 1.29 is 14.3 Å². The van der Waals surface area contributed by atoms with E-state index in [0.29, 0.717) is 45.7 Å². The molecule has 0 aromatic rings. The van der Waals surface area contributed by atoms with Gasteiger partial charge in [-0.05, 0) is 6.42 Å². The number of nitrogens with two attached hydrogens (primary N) is 1. The summed E-state index contributed by atoms with van der Waals surface area (Å²) in [5, 5.41) is 2.69. The van der Waals surface area contributed by atoms with Gasteiger partial charge in [-0.15, -0.1) is 0 Å². The first-order valence-electron chi connectivity index (χ1n) is 6.54. The van der Waals surface area contributed by atoms with Crippen LogP contribution in [-0.4, -0.2) is 55.6 Å². The molecule has 0 bridgehead atoms. The highest BCUT2D eigenvalue weighted by atomic mass is 16.5. The van der Waals surface area contributed by atoms with Crippen LogP contribution in [0.4, 0.5) is 0 Å². The Kier molecular flexibility index (Phi) is 6.67. The zero-order valence-electron chi connectivity index (χ0n) is 11.0. The summed E-state index contributed by atoms with van der Waals surface area (Å²) in [7, 11) is 0. The fraction of sp³-hybridized carbons (Fsp3) is 0.833.